The van der Waals surface area contributed by atoms with E-state index in [-0.39, 0.29) is 0 Å². The van der Waals surface area contributed by atoms with Crippen LogP contribution in [0.3, 0.4) is 0 Å². The number of terminal acetylenes is 1. The molecule has 2 heterocycles. The van der Waals surface area contributed by atoms with Crippen LogP contribution in [0.2, 0.25) is 0 Å². The van der Waals surface area contributed by atoms with Crippen molar-refractivity contribution < 1.29 is 0 Å². The van der Waals surface area contributed by atoms with Crippen LogP contribution < -0.4 is 4.90 Å². The van der Waals surface area contributed by atoms with Crippen molar-refractivity contribution in [3.8, 4) is 40.3 Å². The second-order valence-corrected chi connectivity index (χ2v) is 19.0. The van der Waals surface area contributed by atoms with Gasteiger partial charge in [-0.1, -0.05) is 170 Å². The summed E-state index contributed by atoms with van der Waals surface area (Å²) in [7, 11) is 0. The van der Waals surface area contributed by atoms with Gasteiger partial charge in [0, 0.05) is 55.6 Å². The average molecular weight is 906 g/mol. The number of fused-ring (bicyclic) bond motifs is 13. The third-order valence-corrected chi connectivity index (χ3v) is 15.4. The first-order valence-corrected chi connectivity index (χ1v) is 24.7. The molecule has 14 rings (SSSR count). The van der Waals surface area contributed by atoms with Gasteiger partial charge in [-0.2, -0.15) is 0 Å². The minimum absolute atomic E-state index is 0.556. The number of nitrogens with zero attached hydrogens (tertiary/aromatic N) is 3. The molecule has 9 aromatic carbocycles. The summed E-state index contributed by atoms with van der Waals surface area (Å²) in [5.74, 6) is 3.23. The van der Waals surface area contributed by atoms with Crippen LogP contribution in [0.25, 0.3) is 82.8 Å². The molecular weight excluding hydrogens is 859 g/mol. The highest BCUT2D eigenvalue weighted by Gasteiger charge is 2.52. The maximum atomic E-state index is 6.56. The van der Waals surface area contributed by atoms with Crippen molar-refractivity contribution in [3.63, 3.8) is 0 Å². The molecule has 3 heteroatoms. The van der Waals surface area contributed by atoms with Crippen molar-refractivity contribution in [1.29, 1.82) is 0 Å². The van der Waals surface area contributed by atoms with Gasteiger partial charge < -0.3 is 14.0 Å². The summed E-state index contributed by atoms with van der Waals surface area (Å²) in [5, 5.41) is 4.97. The summed E-state index contributed by atoms with van der Waals surface area (Å²) in [4.78, 5) is 2.43. The molecule has 3 nitrogen and oxygen atoms in total. The Bertz CT molecular complexity index is 4180. The fraction of sp³-hybridized carbons (Fsp3) is 0.0588. The van der Waals surface area contributed by atoms with Crippen molar-refractivity contribution in [1.82, 2.24) is 9.13 Å². The lowest BCUT2D eigenvalue weighted by atomic mass is 9.69. The molecule has 2 aromatic heterocycles. The van der Waals surface area contributed by atoms with E-state index in [4.69, 9.17) is 6.42 Å². The molecule has 1 unspecified atom stereocenters. The van der Waals surface area contributed by atoms with E-state index in [1.807, 2.05) is 0 Å². The van der Waals surface area contributed by atoms with Crippen LogP contribution in [-0.4, -0.2) is 9.13 Å². The Morgan fingerprint density at radius 2 is 1.07 bits per heavy atom. The number of hydrogen-bond acceptors (Lipinski definition) is 1. The molecule has 3 aliphatic carbocycles. The lowest BCUT2D eigenvalue weighted by Gasteiger charge is -2.30. The van der Waals surface area contributed by atoms with E-state index >= 15 is 0 Å². The predicted octanol–water partition coefficient (Wildman–Crippen LogP) is 17.5. The number of aromatic nitrogens is 2. The van der Waals surface area contributed by atoms with Gasteiger partial charge in [-0.15, -0.1) is 6.42 Å². The van der Waals surface area contributed by atoms with Gasteiger partial charge in [-0.3, -0.25) is 0 Å². The molecule has 0 aliphatic heterocycles. The summed E-state index contributed by atoms with van der Waals surface area (Å²) in [6, 6.07) is 76.1. The highest BCUT2D eigenvalue weighted by molar-refractivity contribution is 6.13. The van der Waals surface area contributed by atoms with Crippen LogP contribution in [-0.2, 0) is 5.41 Å². The number of benzene rings is 9. The lowest BCUT2D eigenvalue weighted by Crippen LogP contribution is -2.26. The zero-order valence-electron chi connectivity index (χ0n) is 39.3. The quantitative estimate of drug-likeness (QED) is 0.145. The highest BCUT2D eigenvalue weighted by Crippen LogP contribution is 2.62. The van der Waals surface area contributed by atoms with Crippen LogP contribution in [0, 0.1) is 12.3 Å². The second-order valence-electron chi connectivity index (χ2n) is 19.0. The Morgan fingerprint density at radius 1 is 0.507 bits per heavy atom. The van der Waals surface area contributed by atoms with Crippen LogP contribution in [0.15, 0.2) is 242 Å². The van der Waals surface area contributed by atoms with Gasteiger partial charge in [-0.25, -0.2) is 0 Å². The van der Waals surface area contributed by atoms with Gasteiger partial charge in [0.1, 0.15) is 0 Å². The molecule has 11 aromatic rings. The molecule has 0 amide bonds. The first kappa shape index (κ1) is 40.9. The fourth-order valence-corrected chi connectivity index (χ4v) is 12.5. The molecule has 0 radical (unpaired) electrons. The number of para-hydroxylation sites is 3. The van der Waals surface area contributed by atoms with Crippen LogP contribution in [0.1, 0.15) is 42.0 Å². The Kier molecular flexibility index (Phi) is 9.22. The summed E-state index contributed by atoms with van der Waals surface area (Å²) in [5.41, 5.74) is 21.8. The molecule has 1 atom stereocenters. The minimum Gasteiger partial charge on any atom is -0.313 e. The van der Waals surface area contributed by atoms with Gasteiger partial charge in [0.25, 0.3) is 0 Å². The zero-order chi connectivity index (χ0) is 47.2. The fourth-order valence-electron chi connectivity index (χ4n) is 12.5. The van der Waals surface area contributed by atoms with Crippen LogP contribution >= 0.6 is 0 Å². The SMILES string of the molecule is C#CC1=C(/C=C\C)c2ccccc2C12c1ccccc1-c1cc(-c3ccc(N(c4ccc5c6ccccc6n(C6=CC=CCC6)c5c4)c4ccc5c6ccccc6n(-c6ccccc6)c5c4)cc3)ccc12. The summed E-state index contributed by atoms with van der Waals surface area (Å²) in [6.07, 6.45) is 19.6. The van der Waals surface area contributed by atoms with E-state index in [9.17, 15) is 0 Å². The molecule has 3 aliphatic rings. The van der Waals surface area contributed by atoms with Gasteiger partial charge in [0.15, 0.2) is 0 Å². The van der Waals surface area contributed by atoms with E-state index in [0.717, 1.165) is 63.4 Å². The van der Waals surface area contributed by atoms with Gasteiger partial charge >= 0.3 is 0 Å². The number of anilines is 3. The molecule has 71 heavy (non-hydrogen) atoms. The van der Waals surface area contributed by atoms with Gasteiger partial charge in [0.05, 0.1) is 27.5 Å². The van der Waals surface area contributed by atoms with Crippen LogP contribution in [0.5, 0.6) is 0 Å². The molecular formula is C68H47N3. The summed E-state index contributed by atoms with van der Waals surface area (Å²) >= 11 is 0. The monoisotopic (exact) mass is 905 g/mol. The summed E-state index contributed by atoms with van der Waals surface area (Å²) < 4.78 is 4.89. The smallest absolute Gasteiger partial charge is 0.0804 e. The molecule has 0 saturated heterocycles. The first-order chi connectivity index (χ1) is 35.1. The van der Waals surface area contributed by atoms with E-state index in [1.54, 1.807) is 0 Å². The zero-order valence-corrected chi connectivity index (χ0v) is 39.3. The average Bonchev–Trinajstić information content (AvgIpc) is 4.14. The number of rotatable bonds is 7. The van der Waals surface area contributed by atoms with Crippen molar-refractivity contribution >= 4 is 71.9 Å². The van der Waals surface area contributed by atoms with E-state index < -0.39 is 5.41 Å². The Morgan fingerprint density at radius 3 is 1.75 bits per heavy atom. The first-order valence-electron chi connectivity index (χ1n) is 24.7. The minimum atomic E-state index is -0.556. The lowest BCUT2D eigenvalue weighted by molar-refractivity contribution is 0.792. The van der Waals surface area contributed by atoms with Crippen LogP contribution in [0.4, 0.5) is 17.1 Å². The highest BCUT2D eigenvalue weighted by atomic mass is 15.1. The molecule has 0 fully saturated rings. The molecule has 0 saturated carbocycles. The van der Waals surface area contributed by atoms with Crippen molar-refractivity contribution in [3.05, 3.63) is 264 Å². The third kappa shape index (κ3) is 5.92. The maximum absolute atomic E-state index is 6.56. The van der Waals surface area contributed by atoms with Crippen molar-refractivity contribution in [2.75, 3.05) is 4.90 Å². The Labute approximate surface area is 413 Å². The third-order valence-electron chi connectivity index (χ3n) is 15.4. The van der Waals surface area contributed by atoms with Gasteiger partial charge in [-0.05, 0) is 143 Å². The number of hydrogen-bond donors (Lipinski definition) is 0. The van der Waals surface area contributed by atoms with Gasteiger partial charge in [0.2, 0.25) is 0 Å². The number of allylic oxidation sites excluding steroid dienone is 8. The largest absolute Gasteiger partial charge is 0.313 e. The molecule has 0 bridgehead atoms. The summed E-state index contributed by atoms with van der Waals surface area (Å²) in [6.45, 7) is 2.07. The maximum Gasteiger partial charge on any atom is 0.0804 e. The van der Waals surface area contributed by atoms with Crippen molar-refractivity contribution in [2.24, 2.45) is 0 Å². The predicted molar refractivity (Wildman–Crippen MR) is 299 cm³/mol. The van der Waals surface area contributed by atoms with Crippen molar-refractivity contribution in [2.45, 2.75) is 25.2 Å². The standard InChI is InChI=1S/C68H47N3/c1-3-19-52-53-24-11-15-28-61(53)68(60(52)4-2)62-29-16-12-25-54(62)59-42-46(34-41-63(59)68)45-32-35-49(36-33-45)69(50-37-39-57-55-26-13-17-30-64(55)70(66(57)43-50)47-20-7-5-8-21-47)51-38-40-58-56-27-14-18-31-65(56)71(67(58)44-51)48-22-9-6-10-23-48/h2-3,5-9,11-22,24-44H,10,23H2,1H3/b19-3-. The molecule has 1 spiro atoms. The topological polar surface area (TPSA) is 13.1 Å². The molecule has 334 valence electrons. The Balaban J connectivity index is 0.946. The van der Waals surface area contributed by atoms with E-state index in [2.05, 4.69) is 264 Å². The van der Waals surface area contributed by atoms with E-state index in [0.29, 0.717) is 0 Å². The molecule has 0 N–H and O–H groups in total. The Hall–Kier alpha value is -9.10. The van der Waals surface area contributed by atoms with E-state index in [1.165, 1.54) is 77.2 Å². The second kappa shape index (κ2) is 16.0. The normalized spacial score (nSPS) is 15.8.